The molecule has 0 radical (unpaired) electrons. The fraction of sp³-hybridized carbons (Fsp3) is 0.0667. The summed E-state index contributed by atoms with van der Waals surface area (Å²) in [4.78, 5) is 6.74. The van der Waals surface area contributed by atoms with Crippen LogP contribution < -0.4 is 15.0 Å². The molecule has 37 heavy (non-hydrogen) atoms. The van der Waals surface area contributed by atoms with E-state index in [1.165, 1.54) is 12.1 Å². The molecule has 5 aromatic rings. The lowest BCUT2D eigenvalue weighted by Crippen LogP contribution is -2.30. The number of thiocarbonyl (C=S) groups is 1. The lowest BCUT2D eigenvalue weighted by Gasteiger charge is -2.29. The van der Waals surface area contributed by atoms with Crippen molar-refractivity contribution in [3.8, 4) is 17.2 Å². The third kappa shape index (κ3) is 4.57. The summed E-state index contributed by atoms with van der Waals surface area (Å²) in [5, 5.41) is 4.09. The number of hydrogen-bond acceptors (Lipinski definition) is 3. The average molecular weight is 507 g/mol. The van der Waals surface area contributed by atoms with Crippen LogP contribution in [0.4, 0.5) is 10.1 Å². The molecule has 3 heterocycles. The number of nitrogens with one attached hydrogen (secondary N) is 1. The Bertz CT molecular complexity index is 1510. The highest BCUT2D eigenvalue weighted by molar-refractivity contribution is 7.80. The number of aromatic nitrogens is 2. The van der Waals surface area contributed by atoms with E-state index in [-0.39, 0.29) is 17.9 Å². The molecule has 1 N–H and O–H groups in total. The van der Waals surface area contributed by atoms with Gasteiger partial charge in [-0.05, 0) is 97.1 Å². The SMILES string of the molecule is Fc1ccc(-n2cccc2[C@H]2[C@H](c3ccccn3)NC(=S)N2c2ccc(Oc3ccccc3)cc2)cc1. The van der Waals surface area contributed by atoms with E-state index in [9.17, 15) is 4.39 Å². The lowest BCUT2D eigenvalue weighted by atomic mass is 10.0. The number of ether oxygens (including phenoxy) is 1. The van der Waals surface area contributed by atoms with Gasteiger partial charge in [-0.3, -0.25) is 4.98 Å². The second kappa shape index (κ2) is 9.87. The summed E-state index contributed by atoms with van der Waals surface area (Å²) >= 11 is 5.86. The van der Waals surface area contributed by atoms with Crippen LogP contribution in [0.25, 0.3) is 5.69 Å². The Kier molecular flexibility index (Phi) is 6.12. The van der Waals surface area contributed by atoms with Gasteiger partial charge in [0.25, 0.3) is 0 Å². The van der Waals surface area contributed by atoms with Gasteiger partial charge in [0.1, 0.15) is 23.4 Å². The number of pyridine rings is 1. The maximum atomic E-state index is 13.7. The smallest absolute Gasteiger partial charge is 0.174 e. The van der Waals surface area contributed by atoms with Crippen molar-refractivity contribution < 1.29 is 9.13 Å². The summed E-state index contributed by atoms with van der Waals surface area (Å²) in [6.45, 7) is 0. The molecule has 5 nitrogen and oxygen atoms in total. The van der Waals surface area contributed by atoms with Crippen molar-refractivity contribution >= 4 is 23.0 Å². The summed E-state index contributed by atoms with van der Waals surface area (Å²) in [6, 6.07) is 33.6. The fourth-order valence-corrected chi connectivity index (χ4v) is 5.05. The number of hydrogen-bond donors (Lipinski definition) is 1. The topological polar surface area (TPSA) is 42.3 Å². The first kappa shape index (κ1) is 22.9. The molecule has 0 spiro atoms. The largest absolute Gasteiger partial charge is 0.457 e. The van der Waals surface area contributed by atoms with Gasteiger partial charge in [0, 0.05) is 29.5 Å². The van der Waals surface area contributed by atoms with Crippen LogP contribution in [0.5, 0.6) is 11.5 Å². The van der Waals surface area contributed by atoms with Gasteiger partial charge in [-0.2, -0.15) is 0 Å². The van der Waals surface area contributed by atoms with Gasteiger partial charge in [-0.15, -0.1) is 0 Å². The zero-order valence-electron chi connectivity index (χ0n) is 19.7. The van der Waals surface area contributed by atoms with E-state index < -0.39 is 0 Å². The summed E-state index contributed by atoms with van der Waals surface area (Å²) in [5.41, 5.74) is 3.67. The Balaban J connectivity index is 1.40. The molecule has 7 heteroatoms. The summed E-state index contributed by atoms with van der Waals surface area (Å²) in [5.74, 6) is 1.24. The minimum atomic E-state index is -0.271. The van der Waals surface area contributed by atoms with Crippen LogP contribution in [0.3, 0.4) is 0 Å². The van der Waals surface area contributed by atoms with Crippen molar-refractivity contribution in [1.29, 1.82) is 0 Å². The molecule has 1 aliphatic heterocycles. The second-order valence-corrected chi connectivity index (χ2v) is 9.07. The number of benzene rings is 3. The predicted octanol–water partition coefficient (Wildman–Crippen LogP) is 6.98. The number of rotatable bonds is 6. The Morgan fingerprint density at radius 2 is 1.46 bits per heavy atom. The Labute approximate surface area is 219 Å². The van der Waals surface area contributed by atoms with E-state index in [0.717, 1.165) is 34.3 Å². The minimum absolute atomic E-state index is 0.192. The van der Waals surface area contributed by atoms with Gasteiger partial charge < -0.3 is 19.5 Å². The molecular weight excluding hydrogens is 483 g/mol. The lowest BCUT2D eigenvalue weighted by molar-refractivity contribution is 0.482. The van der Waals surface area contributed by atoms with E-state index in [1.807, 2.05) is 85.1 Å². The predicted molar refractivity (Wildman–Crippen MR) is 147 cm³/mol. The molecule has 0 unspecified atom stereocenters. The molecule has 2 atom stereocenters. The van der Waals surface area contributed by atoms with Gasteiger partial charge in [0.15, 0.2) is 5.11 Å². The molecule has 2 aromatic heterocycles. The molecule has 182 valence electrons. The quantitative estimate of drug-likeness (QED) is 0.252. The third-order valence-electron chi connectivity index (χ3n) is 6.38. The summed E-state index contributed by atoms with van der Waals surface area (Å²) in [6.07, 6.45) is 3.77. The van der Waals surface area contributed by atoms with Crippen LogP contribution in [0.1, 0.15) is 23.5 Å². The fourth-order valence-electron chi connectivity index (χ4n) is 4.70. The maximum Gasteiger partial charge on any atom is 0.174 e. The normalized spacial score (nSPS) is 17.0. The van der Waals surface area contributed by atoms with Gasteiger partial charge in [-0.25, -0.2) is 4.39 Å². The van der Waals surface area contributed by atoms with E-state index in [1.54, 1.807) is 18.3 Å². The van der Waals surface area contributed by atoms with E-state index >= 15 is 0 Å². The Morgan fingerprint density at radius 3 is 2.19 bits per heavy atom. The summed E-state index contributed by atoms with van der Waals surface area (Å²) < 4.78 is 21.7. The molecule has 1 fully saturated rings. The first-order valence-electron chi connectivity index (χ1n) is 11.9. The van der Waals surface area contributed by atoms with Gasteiger partial charge in [0.2, 0.25) is 0 Å². The van der Waals surface area contributed by atoms with Crippen molar-refractivity contribution in [2.45, 2.75) is 12.1 Å². The van der Waals surface area contributed by atoms with E-state index in [4.69, 9.17) is 17.0 Å². The van der Waals surface area contributed by atoms with Gasteiger partial charge >= 0.3 is 0 Å². The first-order valence-corrected chi connectivity index (χ1v) is 12.3. The van der Waals surface area contributed by atoms with Crippen LogP contribution in [0, 0.1) is 5.82 Å². The van der Waals surface area contributed by atoms with Crippen LogP contribution >= 0.6 is 12.2 Å². The standard InChI is InChI=1S/C30H23FN4OS/c31-21-11-13-22(14-12-21)34-20-6-10-27(34)29-28(26-9-4-5-19-32-26)33-30(37)35(29)23-15-17-25(18-16-23)36-24-7-2-1-3-8-24/h1-20,28-29H,(H,33,37)/t28-,29-/m0/s1. The number of para-hydroxylation sites is 1. The monoisotopic (exact) mass is 506 g/mol. The van der Waals surface area contributed by atoms with E-state index in [0.29, 0.717) is 5.11 Å². The van der Waals surface area contributed by atoms with Crippen LogP contribution in [0.2, 0.25) is 0 Å². The highest BCUT2D eigenvalue weighted by Gasteiger charge is 2.42. The Hall–Kier alpha value is -4.49. The van der Waals surface area contributed by atoms with Crippen molar-refractivity contribution in [3.05, 3.63) is 139 Å². The van der Waals surface area contributed by atoms with E-state index in [2.05, 4.69) is 25.8 Å². The van der Waals surface area contributed by atoms with Crippen molar-refractivity contribution in [2.24, 2.45) is 0 Å². The average Bonchev–Trinajstić information content (AvgIpc) is 3.55. The zero-order chi connectivity index (χ0) is 25.2. The molecular formula is C30H23FN4OS. The molecule has 0 saturated carbocycles. The molecule has 0 aliphatic carbocycles. The molecule has 1 aliphatic rings. The summed E-state index contributed by atoms with van der Waals surface area (Å²) in [7, 11) is 0. The van der Waals surface area contributed by atoms with Gasteiger partial charge in [0.05, 0.1) is 11.7 Å². The third-order valence-corrected chi connectivity index (χ3v) is 6.69. The number of halogens is 1. The number of anilines is 1. The van der Waals surface area contributed by atoms with Crippen molar-refractivity contribution in [1.82, 2.24) is 14.9 Å². The van der Waals surface area contributed by atoms with Crippen molar-refractivity contribution in [3.63, 3.8) is 0 Å². The highest BCUT2D eigenvalue weighted by Crippen LogP contribution is 2.42. The molecule has 1 saturated heterocycles. The first-order chi connectivity index (χ1) is 18.2. The minimum Gasteiger partial charge on any atom is -0.457 e. The second-order valence-electron chi connectivity index (χ2n) is 8.69. The molecule has 3 aromatic carbocycles. The zero-order valence-corrected chi connectivity index (χ0v) is 20.6. The maximum absolute atomic E-state index is 13.7. The Morgan fingerprint density at radius 1 is 0.757 bits per heavy atom. The van der Waals surface area contributed by atoms with Crippen LogP contribution in [0.15, 0.2) is 122 Å². The number of nitrogens with zero attached hydrogens (tertiary/aromatic N) is 3. The molecule has 0 amide bonds. The van der Waals surface area contributed by atoms with Crippen LogP contribution in [-0.2, 0) is 0 Å². The van der Waals surface area contributed by atoms with Crippen molar-refractivity contribution in [2.75, 3.05) is 4.90 Å². The molecule has 6 rings (SSSR count). The van der Waals surface area contributed by atoms with Gasteiger partial charge in [-0.1, -0.05) is 24.3 Å². The molecule has 0 bridgehead atoms. The highest BCUT2D eigenvalue weighted by atomic mass is 32.1. The van der Waals surface area contributed by atoms with Crippen LogP contribution in [-0.4, -0.2) is 14.7 Å².